The van der Waals surface area contributed by atoms with E-state index in [2.05, 4.69) is 10.6 Å². The van der Waals surface area contributed by atoms with Gasteiger partial charge in [-0.15, -0.1) is 0 Å². The summed E-state index contributed by atoms with van der Waals surface area (Å²) in [6.07, 6.45) is 2.62. The topological polar surface area (TPSA) is 61.4 Å². The van der Waals surface area contributed by atoms with Crippen LogP contribution in [-0.2, 0) is 11.2 Å². The van der Waals surface area contributed by atoms with Crippen molar-refractivity contribution in [2.75, 3.05) is 26.7 Å². The van der Waals surface area contributed by atoms with E-state index in [1.54, 1.807) is 12.1 Å². The fourth-order valence-corrected chi connectivity index (χ4v) is 3.82. The quantitative estimate of drug-likeness (QED) is 0.777. The number of amides is 2. The molecule has 0 radical (unpaired) electrons. The van der Waals surface area contributed by atoms with Crippen molar-refractivity contribution in [3.05, 3.63) is 71.8 Å². The molecule has 2 aromatic rings. The van der Waals surface area contributed by atoms with Crippen molar-refractivity contribution < 1.29 is 9.59 Å². The number of piperidine rings is 1. The first kappa shape index (κ1) is 20.1. The maximum atomic E-state index is 13.3. The third-order valence-electron chi connectivity index (χ3n) is 5.25. The van der Waals surface area contributed by atoms with Gasteiger partial charge in [-0.2, -0.15) is 0 Å². The normalized spacial score (nSPS) is 17.8. The minimum Gasteiger partial charge on any atom is -0.341 e. The third-order valence-corrected chi connectivity index (χ3v) is 5.25. The number of nitrogens with zero attached hydrogens (tertiary/aromatic N) is 1. The average Bonchev–Trinajstić information content (AvgIpc) is 2.74. The minimum atomic E-state index is -0.566. The van der Waals surface area contributed by atoms with E-state index >= 15 is 0 Å². The Morgan fingerprint density at radius 3 is 2.43 bits per heavy atom. The van der Waals surface area contributed by atoms with Gasteiger partial charge in [-0.1, -0.05) is 48.5 Å². The Morgan fingerprint density at radius 2 is 1.75 bits per heavy atom. The van der Waals surface area contributed by atoms with Crippen LogP contribution in [0.5, 0.6) is 0 Å². The third kappa shape index (κ3) is 5.42. The maximum Gasteiger partial charge on any atom is 0.251 e. The number of carbonyl (C=O) groups excluding carboxylic acids is 2. The van der Waals surface area contributed by atoms with E-state index in [4.69, 9.17) is 0 Å². The van der Waals surface area contributed by atoms with Crippen molar-refractivity contribution in [2.24, 2.45) is 5.92 Å². The summed E-state index contributed by atoms with van der Waals surface area (Å²) in [6, 6.07) is 18.4. The van der Waals surface area contributed by atoms with E-state index < -0.39 is 6.04 Å². The van der Waals surface area contributed by atoms with Crippen LogP contribution in [0.3, 0.4) is 0 Å². The standard InChI is InChI=1S/C23H29N3O2/c1-24-16-19-11-8-14-26(17-19)23(28)21(15-18-9-4-2-5-10-18)25-22(27)20-12-6-3-7-13-20/h2-7,9-10,12-13,19,21,24H,8,11,14-17H2,1H3,(H,25,27). The van der Waals surface area contributed by atoms with Crippen LogP contribution in [0, 0.1) is 5.92 Å². The van der Waals surface area contributed by atoms with Crippen LogP contribution in [-0.4, -0.2) is 49.4 Å². The van der Waals surface area contributed by atoms with Gasteiger partial charge in [-0.25, -0.2) is 0 Å². The van der Waals surface area contributed by atoms with Gasteiger partial charge in [0.15, 0.2) is 0 Å². The smallest absolute Gasteiger partial charge is 0.251 e. The highest BCUT2D eigenvalue weighted by atomic mass is 16.2. The Hall–Kier alpha value is -2.66. The molecule has 0 bridgehead atoms. The Labute approximate surface area is 167 Å². The number of hydrogen-bond acceptors (Lipinski definition) is 3. The van der Waals surface area contributed by atoms with Crippen molar-refractivity contribution in [1.29, 1.82) is 0 Å². The molecule has 1 fully saturated rings. The molecule has 2 aromatic carbocycles. The molecule has 2 unspecified atom stereocenters. The molecule has 1 aliphatic heterocycles. The van der Waals surface area contributed by atoms with Crippen LogP contribution in [0.25, 0.3) is 0 Å². The van der Waals surface area contributed by atoms with Crippen molar-refractivity contribution in [1.82, 2.24) is 15.5 Å². The highest BCUT2D eigenvalue weighted by molar-refractivity contribution is 5.97. The molecule has 1 saturated heterocycles. The summed E-state index contributed by atoms with van der Waals surface area (Å²) in [5.74, 6) is 0.262. The van der Waals surface area contributed by atoms with Crippen molar-refractivity contribution in [3.8, 4) is 0 Å². The van der Waals surface area contributed by atoms with Crippen LogP contribution in [0.4, 0.5) is 0 Å². The largest absolute Gasteiger partial charge is 0.341 e. The van der Waals surface area contributed by atoms with E-state index in [-0.39, 0.29) is 11.8 Å². The molecule has 2 atom stereocenters. The number of carbonyl (C=O) groups is 2. The molecule has 5 heteroatoms. The molecule has 2 N–H and O–H groups in total. The summed E-state index contributed by atoms with van der Waals surface area (Å²) in [4.78, 5) is 27.9. The van der Waals surface area contributed by atoms with Gasteiger partial charge in [0.05, 0.1) is 0 Å². The molecule has 2 amide bonds. The van der Waals surface area contributed by atoms with Gasteiger partial charge < -0.3 is 15.5 Å². The maximum absolute atomic E-state index is 13.3. The first-order chi connectivity index (χ1) is 13.7. The number of benzene rings is 2. The fourth-order valence-electron chi connectivity index (χ4n) is 3.82. The lowest BCUT2D eigenvalue weighted by Gasteiger charge is -2.35. The second-order valence-corrected chi connectivity index (χ2v) is 7.43. The van der Waals surface area contributed by atoms with Gasteiger partial charge in [0.25, 0.3) is 5.91 Å². The van der Waals surface area contributed by atoms with Crippen LogP contribution >= 0.6 is 0 Å². The number of rotatable bonds is 7. The molecule has 0 spiro atoms. The first-order valence-electron chi connectivity index (χ1n) is 10.0. The molecule has 0 aliphatic carbocycles. The molecule has 1 heterocycles. The highest BCUT2D eigenvalue weighted by Gasteiger charge is 2.30. The van der Waals surface area contributed by atoms with Gasteiger partial charge in [-0.3, -0.25) is 9.59 Å². The Morgan fingerprint density at radius 1 is 1.07 bits per heavy atom. The molecule has 0 saturated carbocycles. The predicted molar refractivity (Wildman–Crippen MR) is 111 cm³/mol. The molecule has 3 rings (SSSR count). The molecular formula is C23H29N3O2. The van der Waals surface area contributed by atoms with Gasteiger partial charge in [0.1, 0.15) is 6.04 Å². The summed E-state index contributed by atoms with van der Waals surface area (Å²) in [7, 11) is 1.94. The van der Waals surface area contributed by atoms with Crippen molar-refractivity contribution in [2.45, 2.75) is 25.3 Å². The molecule has 148 valence electrons. The second kappa shape index (κ2) is 10.0. The number of likely N-dealkylation sites (tertiary alicyclic amines) is 1. The van der Waals surface area contributed by atoms with Crippen LogP contribution in [0.2, 0.25) is 0 Å². The zero-order chi connectivity index (χ0) is 19.8. The van der Waals surface area contributed by atoms with E-state index in [1.807, 2.05) is 60.5 Å². The number of hydrogen-bond donors (Lipinski definition) is 2. The lowest BCUT2D eigenvalue weighted by atomic mass is 9.96. The summed E-state index contributed by atoms with van der Waals surface area (Å²) in [5.41, 5.74) is 1.61. The average molecular weight is 380 g/mol. The van der Waals surface area contributed by atoms with Gasteiger partial charge in [0, 0.05) is 25.1 Å². The highest BCUT2D eigenvalue weighted by Crippen LogP contribution is 2.18. The number of nitrogens with one attached hydrogen (secondary N) is 2. The second-order valence-electron chi connectivity index (χ2n) is 7.43. The van der Waals surface area contributed by atoms with E-state index in [9.17, 15) is 9.59 Å². The van der Waals surface area contributed by atoms with Crippen LogP contribution in [0.15, 0.2) is 60.7 Å². The van der Waals surface area contributed by atoms with E-state index in [0.717, 1.165) is 38.0 Å². The first-order valence-corrected chi connectivity index (χ1v) is 10.0. The summed E-state index contributed by atoms with van der Waals surface area (Å²) >= 11 is 0. The van der Waals surface area contributed by atoms with Crippen LogP contribution in [0.1, 0.15) is 28.8 Å². The zero-order valence-corrected chi connectivity index (χ0v) is 16.4. The zero-order valence-electron chi connectivity index (χ0n) is 16.4. The summed E-state index contributed by atoms with van der Waals surface area (Å²) in [6.45, 7) is 2.40. The van der Waals surface area contributed by atoms with E-state index in [1.165, 1.54) is 0 Å². The monoisotopic (exact) mass is 379 g/mol. The lowest BCUT2D eigenvalue weighted by Crippen LogP contribution is -2.53. The Balaban J connectivity index is 1.75. The summed E-state index contributed by atoms with van der Waals surface area (Å²) in [5, 5.41) is 6.19. The van der Waals surface area contributed by atoms with Crippen molar-refractivity contribution in [3.63, 3.8) is 0 Å². The van der Waals surface area contributed by atoms with Gasteiger partial charge in [0.2, 0.25) is 5.91 Å². The Kier molecular flexibility index (Phi) is 7.20. The molecule has 28 heavy (non-hydrogen) atoms. The SMILES string of the molecule is CNCC1CCCN(C(=O)C(Cc2ccccc2)NC(=O)c2ccccc2)C1. The fraction of sp³-hybridized carbons (Fsp3) is 0.391. The Bertz CT molecular complexity index is 762. The van der Waals surface area contributed by atoms with Crippen molar-refractivity contribution >= 4 is 11.8 Å². The molecule has 1 aliphatic rings. The van der Waals surface area contributed by atoms with Crippen LogP contribution < -0.4 is 10.6 Å². The molecule has 5 nitrogen and oxygen atoms in total. The van der Waals surface area contributed by atoms with Gasteiger partial charge in [-0.05, 0) is 50.0 Å². The molecular weight excluding hydrogens is 350 g/mol. The lowest BCUT2D eigenvalue weighted by molar-refractivity contribution is -0.135. The molecule has 0 aromatic heterocycles. The summed E-state index contributed by atoms with van der Waals surface area (Å²) < 4.78 is 0. The van der Waals surface area contributed by atoms with Gasteiger partial charge >= 0.3 is 0 Å². The predicted octanol–water partition coefficient (Wildman–Crippen LogP) is 2.49. The van der Waals surface area contributed by atoms with E-state index in [0.29, 0.717) is 17.9 Å². The minimum absolute atomic E-state index is 0.00828.